The van der Waals surface area contributed by atoms with E-state index in [0.717, 1.165) is 5.69 Å². The highest BCUT2D eigenvalue weighted by Gasteiger charge is 2.19. The van der Waals surface area contributed by atoms with Crippen LogP contribution in [0, 0.1) is 0 Å². The Balaban J connectivity index is 1.96. The maximum Gasteiger partial charge on any atom is 0.243 e. The van der Waals surface area contributed by atoms with E-state index in [1.165, 1.54) is 4.90 Å². The first-order chi connectivity index (χ1) is 13.9. The van der Waals surface area contributed by atoms with Crippen molar-refractivity contribution >= 4 is 23.2 Å². The molecule has 7 nitrogen and oxygen atoms in total. The lowest BCUT2D eigenvalue weighted by atomic mass is 10.2. The Bertz CT molecular complexity index is 798. The molecule has 7 heteroatoms. The van der Waals surface area contributed by atoms with Crippen molar-refractivity contribution in [3.05, 3.63) is 54.6 Å². The van der Waals surface area contributed by atoms with Crippen LogP contribution in [-0.4, -0.2) is 61.7 Å². The van der Waals surface area contributed by atoms with E-state index in [1.807, 2.05) is 42.2 Å². The molecule has 0 saturated carbocycles. The van der Waals surface area contributed by atoms with Crippen molar-refractivity contribution in [3.8, 4) is 5.75 Å². The Kier molecular flexibility index (Phi) is 8.48. The molecule has 0 radical (unpaired) electrons. The summed E-state index contributed by atoms with van der Waals surface area (Å²) in [6, 6.07) is 16.5. The molecule has 2 aromatic rings. The first-order valence-electron chi connectivity index (χ1n) is 9.58. The minimum absolute atomic E-state index is 0.0734. The Hall–Kier alpha value is -3.06. The largest absolute Gasteiger partial charge is 0.497 e. The van der Waals surface area contributed by atoms with Crippen molar-refractivity contribution in [1.29, 1.82) is 0 Å². The molecule has 2 N–H and O–H groups in total. The summed E-state index contributed by atoms with van der Waals surface area (Å²) in [6.45, 7) is 2.24. The fourth-order valence-corrected chi connectivity index (χ4v) is 2.77. The van der Waals surface area contributed by atoms with E-state index in [4.69, 9.17) is 4.74 Å². The number of carbonyl (C=O) groups excluding carboxylic acids is 2. The topological polar surface area (TPSA) is 82.1 Å². The summed E-state index contributed by atoms with van der Waals surface area (Å²) in [5.41, 5.74) is 1.45. The number of anilines is 2. The van der Waals surface area contributed by atoms with E-state index >= 15 is 0 Å². The molecular formula is C22H29N3O4. The molecule has 0 spiro atoms. The zero-order valence-corrected chi connectivity index (χ0v) is 17.2. The van der Waals surface area contributed by atoms with Crippen LogP contribution in [0.3, 0.4) is 0 Å². The molecule has 29 heavy (non-hydrogen) atoms. The standard InChI is InChI=1S/C22H29N3O4/c1-4-19(26)14-25(18-10-6-5-7-11-18)16-22(28)24(2)15-21(27)23-17-9-8-12-20(13-17)29-3/h5-13,19,26H,4,14-16H2,1-3H3,(H,23,27). The zero-order chi connectivity index (χ0) is 21.2. The predicted octanol–water partition coefficient (Wildman–Crippen LogP) is 2.37. The van der Waals surface area contributed by atoms with Crippen LogP contribution in [0.25, 0.3) is 0 Å². The van der Waals surface area contributed by atoms with Gasteiger partial charge in [-0.3, -0.25) is 9.59 Å². The quantitative estimate of drug-likeness (QED) is 0.641. The Morgan fingerprint density at radius 1 is 1.10 bits per heavy atom. The van der Waals surface area contributed by atoms with Crippen LogP contribution < -0.4 is 15.0 Å². The van der Waals surface area contributed by atoms with Crippen LogP contribution in [0.4, 0.5) is 11.4 Å². The van der Waals surface area contributed by atoms with Gasteiger partial charge in [-0.05, 0) is 30.7 Å². The fraction of sp³-hybridized carbons (Fsp3) is 0.364. The SMILES string of the molecule is CCC(O)CN(CC(=O)N(C)CC(=O)Nc1cccc(OC)c1)c1ccccc1. The van der Waals surface area contributed by atoms with E-state index in [9.17, 15) is 14.7 Å². The molecule has 0 saturated heterocycles. The zero-order valence-electron chi connectivity index (χ0n) is 17.2. The highest BCUT2D eigenvalue weighted by atomic mass is 16.5. The van der Waals surface area contributed by atoms with Crippen LogP contribution in [0.5, 0.6) is 5.75 Å². The number of likely N-dealkylation sites (N-methyl/N-ethyl adjacent to an activating group) is 1. The summed E-state index contributed by atoms with van der Waals surface area (Å²) >= 11 is 0. The van der Waals surface area contributed by atoms with Gasteiger partial charge in [-0.2, -0.15) is 0 Å². The number of rotatable bonds is 10. The number of nitrogens with zero attached hydrogens (tertiary/aromatic N) is 2. The van der Waals surface area contributed by atoms with Gasteiger partial charge >= 0.3 is 0 Å². The highest BCUT2D eigenvalue weighted by Crippen LogP contribution is 2.17. The number of hydrogen-bond donors (Lipinski definition) is 2. The number of methoxy groups -OCH3 is 1. The molecule has 2 amide bonds. The molecule has 1 unspecified atom stereocenters. The number of benzene rings is 2. The van der Waals surface area contributed by atoms with Crippen molar-refractivity contribution in [2.45, 2.75) is 19.4 Å². The van der Waals surface area contributed by atoms with Crippen LogP contribution in [0.1, 0.15) is 13.3 Å². The highest BCUT2D eigenvalue weighted by molar-refractivity contribution is 5.95. The van der Waals surface area contributed by atoms with Gasteiger partial charge in [0.25, 0.3) is 0 Å². The fourth-order valence-electron chi connectivity index (χ4n) is 2.77. The summed E-state index contributed by atoms with van der Waals surface area (Å²) in [6.07, 6.45) is 0.0562. The monoisotopic (exact) mass is 399 g/mol. The second-order valence-electron chi connectivity index (χ2n) is 6.81. The summed E-state index contributed by atoms with van der Waals surface area (Å²) in [4.78, 5) is 28.2. The van der Waals surface area contributed by atoms with Gasteiger partial charge in [0.15, 0.2) is 0 Å². The van der Waals surface area contributed by atoms with Gasteiger partial charge in [-0.1, -0.05) is 31.2 Å². The smallest absolute Gasteiger partial charge is 0.243 e. The van der Waals surface area contributed by atoms with Gasteiger partial charge in [0.1, 0.15) is 5.75 Å². The predicted molar refractivity (Wildman–Crippen MR) is 114 cm³/mol. The summed E-state index contributed by atoms with van der Waals surface area (Å²) < 4.78 is 5.14. The van der Waals surface area contributed by atoms with Gasteiger partial charge in [-0.25, -0.2) is 0 Å². The second-order valence-corrected chi connectivity index (χ2v) is 6.81. The third-order valence-corrected chi connectivity index (χ3v) is 4.51. The van der Waals surface area contributed by atoms with Crippen molar-refractivity contribution in [1.82, 2.24) is 4.90 Å². The number of nitrogens with one attached hydrogen (secondary N) is 1. The van der Waals surface area contributed by atoms with Crippen LogP contribution >= 0.6 is 0 Å². The van der Waals surface area contributed by atoms with Gasteiger partial charge < -0.3 is 25.0 Å². The molecule has 156 valence electrons. The van der Waals surface area contributed by atoms with Crippen LogP contribution in [-0.2, 0) is 9.59 Å². The van der Waals surface area contributed by atoms with E-state index in [2.05, 4.69) is 5.32 Å². The lowest BCUT2D eigenvalue weighted by Crippen LogP contribution is -2.44. The third-order valence-electron chi connectivity index (χ3n) is 4.51. The van der Waals surface area contributed by atoms with E-state index in [-0.39, 0.29) is 24.9 Å². The van der Waals surface area contributed by atoms with Gasteiger partial charge in [0.05, 0.1) is 26.3 Å². The van der Waals surface area contributed by atoms with E-state index < -0.39 is 6.10 Å². The first kappa shape index (κ1) is 22.2. The minimum Gasteiger partial charge on any atom is -0.497 e. The molecule has 0 bridgehead atoms. The normalized spacial score (nSPS) is 11.4. The lowest BCUT2D eigenvalue weighted by Gasteiger charge is -2.28. The summed E-state index contributed by atoms with van der Waals surface area (Å²) in [7, 11) is 3.15. The average molecular weight is 399 g/mol. The molecule has 0 aliphatic heterocycles. The van der Waals surface area contributed by atoms with Crippen LogP contribution in [0.15, 0.2) is 54.6 Å². The number of amides is 2. The molecular weight excluding hydrogens is 370 g/mol. The van der Waals surface area contributed by atoms with Crippen molar-refractivity contribution in [2.24, 2.45) is 0 Å². The molecule has 2 aromatic carbocycles. The maximum absolute atomic E-state index is 12.7. The minimum atomic E-state index is -0.537. The number of aliphatic hydroxyl groups is 1. The van der Waals surface area contributed by atoms with Crippen molar-refractivity contribution in [3.63, 3.8) is 0 Å². The van der Waals surface area contributed by atoms with E-state index in [1.54, 1.807) is 38.4 Å². The van der Waals surface area contributed by atoms with Crippen molar-refractivity contribution < 1.29 is 19.4 Å². The summed E-state index contributed by atoms with van der Waals surface area (Å²) in [5, 5.41) is 12.8. The molecule has 0 aliphatic carbocycles. The average Bonchev–Trinajstić information content (AvgIpc) is 2.73. The number of para-hydroxylation sites is 1. The number of aliphatic hydroxyl groups excluding tert-OH is 1. The molecule has 0 heterocycles. The molecule has 2 rings (SSSR count). The molecule has 0 aromatic heterocycles. The lowest BCUT2D eigenvalue weighted by molar-refractivity contribution is -0.132. The second kappa shape index (κ2) is 11.1. The number of carbonyl (C=O) groups is 2. The van der Waals surface area contributed by atoms with Crippen LogP contribution in [0.2, 0.25) is 0 Å². The molecule has 0 fully saturated rings. The summed E-state index contributed by atoms with van der Waals surface area (Å²) in [5.74, 6) is 0.132. The first-order valence-corrected chi connectivity index (χ1v) is 9.58. The van der Waals surface area contributed by atoms with Crippen molar-refractivity contribution in [2.75, 3.05) is 44.0 Å². The Morgan fingerprint density at radius 3 is 2.48 bits per heavy atom. The van der Waals surface area contributed by atoms with E-state index in [0.29, 0.717) is 24.4 Å². The number of hydrogen-bond acceptors (Lipinski definition) is 5. The molecule has 1 atom stereocenters. The Labute approximate surface area is 171 Å². The maximum atomic E-state index is 12.7. The van der Waals surface area contributed by atoms with Gasteiger partial charge in [0, 0.05) is 31.0 Å². The van der Waals surface area contributed by atoms with Gasteiger partial charge in [-0.15, -0.1) is 0 Å². The van der Waals surface area contributed by atoms with Gasteiger partial charge in [0.2, 0.25) is 11.8 Å². The Morgan fingerprint density at radius 2 is 1.83 bits per heavy atom. The molecule has 0 aliphatic rings. The third kappa shape index (κ3) is 7.12. The number of ether oxygens (including phenoxy) is 1.